The van der Waals surface area contributed by atoms with Crippen molar-refractivity contribution in [3.05, 3.63) is 71.3 Å². The van der Waals surface area contributed by atoms with Gasteiger partial charge >= 0.3 is 0 Å². The number of carbonyl (C=O) groups excluding carboxylic acids is 1. The molecule has 1 amide bonds. The first-order valence-electron chi connectivity index (χ1n) is 11.5. The van der Waals surface area contributed by atoms with Crippen molar-refractivity contribution >= 4 is 27.5 Å². The zero-order valence-electron chi connectivity index (χ0n) is 19.8. The van der Waals surface area contributed by atoms with Crippen LogP contribution < -0.4 is 10.1 Å². The number of carbonyl (C=O) groups is 1. The lowest BCUT2D eigenvalue weighted by molar-refractivity contribution is 0.0930. The number of rotatable bonds is 9. The van der Waals surface area contributed by atoms with Crippen LogP contribution in [0.25, 0.3) is 10.8 Å². The molecular weight excluding hydrogens is 432 g/mol. The molecule has 1 unspecified atom stereocenters. The fourth-order valence-electron chi connectivity index (χ4n) is 4.13. The monoisotopic (exact) mass is 464 g/mol. The molecule has 1 aliphatic carbocycles. The number of benzene rings is 3. The molecule has 4 rings (SSSR count). The van der Waals surface area contributed by atoms with Gasteiger partial charge in [-0.3, -0.25) is 9.00 Å². The van der Waals surface area contributed by atoms with Crippen LogP contribution >= 0.6 is 0 Å². The van der Waals surface area contributed by atoms with Crippen LogP contribution in [-0.2, 0) is 16.3 Å². The number of fused-ring (bicyclic) bond motifs is 1. The first kappa shape index (κ1) is 23.5. The van der Waals surface area contributed by atoms with Crippen LogP contribution in [0.4, 0.5) is 0 Å². The van der Waals surface area contributed by atoms with E-state index < -0.39 is 16.3 Å². The zero-order chi connectivity index (χ0) is 23.6. The van der Waals surface area contributed by atoms with Gasteiger partial charge in [-0.2, -0.15) is 0 Å². The van der Waals surface area contributed by atoms with E-state index in [1.807, 2.05) is 76.5 Å². The fraction of sp³-hybridized carbons (Fsp3) is 0.370. The molecule has 1 aliphatic rings. The van der Waals surface area contributed by atoms with Crippen LogP contribution in [0.1, 0.15) is 41.3 Å². The van der Waals surface area contributed by atoms with Gasteiger partial charge in [0.1, 0.15) is 12.4 Å². The van der Waals surface area contributed by atoms with Crippen molar-refractivity contribution < 1.29 is 13.7 Å². The van der Waals surface area contributed by atoms with E-state index >= 15 is 0 Å². The SMILES string of the molecule is CCS(=O)c1cc(C2(NC(=O)c3cc(OCCN(C)C)ccc3C)CC2)c2ccccc2c1. The summed E-state index contributed by atoms with van der Waals surface area (Å²) in [5.41, 5.74) is 2.16. The molecule has 0 radical (unpaired) electrons. The Bertz CT molecular complexity index is 1200. The Morgan fingerprint density at radius 1 is 1.12 bits per heavy atom. The molecule has 6 heteroatoms. The highest BCUT2D eigenvalue weighted by atomic mass is 32.2. The molecule has 33 heavy (non-hydrogen) atoms. The average molecular weight is 465 g/mol. The molecule has 0 aromatic heterocycles. The molecule has 1 N–H and O–H groups in total. The van der Waals surface area contributed by atoms with Crippen molar-refractivity contribution in [3.63, 3.8) is 0 Å². The van der Waals surface area contributed by atoms with Crippen LogP contribution in [-0.4, -0.2) is 48.0 Å². The standard InChI is InChI=1S/C27H32N2O3S/c1-5-33(31)22-16-20-8-6-7-9-23(20)25(18-22)27(12-13-27)28-26(30)24-17-21(11-10-19(24)2)32-15-14-29(3)4/h6-11,16-18H,5,12-15H2,1-4H3,(H,28,30). The highest BCUT2D eigenvalue weighted by molar-refractivity contribution is 7.85. The summed E-state index contributed by atoms with van der Waals surface area (Å²) in [6, 6.07) is 17.8. The minimum atomic E-state index is -1.06. The number of nitrogens with one attached hydrogen (secondary N) is 1. The quantitative estimate of drug-likeness (QED) is 0.501. The van der Waals surface area contributed by atoms with E-state index in [-0.39, 0.29) is 5.91 Å². The molecule has 0 spiro atoms. The molecule has 3 aromatic rings. The number of likely N-dealkylation sites (N-methyl/N-ethyl adjacent to an activating group) is 1. The topological polar surface area (TPSA) is 58.6 Å². The van der Waals surface area contributed by atoms with E-state index in [1.165, 1.54) is 0 Å². The number of aryl methyl sites for hydroxylation is 1. The summed E-state index contributed by atoms with van der Waals surface area (Å²) in [5.74, 6) is 1.16. The van der Waals surface area contributed by atoms with Crippen molar-refractivity contribution in [3.8, 4) is 5.75 Å². The van der Waals surface area contributed by atoms with E-state index in [1.54, 1.807) is 0 Å². The minimum Gasteiger partial charge on any atom is -0.492 e. The van der Waals surface area contributed by atoms with E-state index in [0.717, 1.165) is 46.2 Å². The molecule has 174 valence electrons. The molecule has 0 heterocycles. The summed E-state index contributed by atoms with van der Waals surface area (Å²) in [6.07, 6.45) is 1.73. The number of hydrogen-bond donors (Lipinski definition) is 1. The van der Waals surface area contributed by atoms with Gasteiger partial charge in [0.25, 0.3) is 5.91 Å². The van der Waals surface area contributed by atoms with Gasteiger partial charge in [0.05, 0.1) is 16.3 Å². The number of ether oxygens (including phenoxy) is 1. The first-order valence-corrected chi connectivity index (χ1v) is 12.8. The largest absolute Gasteiger partial charge is 0.492 e. The Hall–Kier alpha value is -2.70. The number of nitrogens with zero attached hydrogens (tertiary/aromatic N) is 1. The maximum atomic E-state index is 13.4. The van der Waals surface area contributed by atoms with E-state index in [0.29, 0.717) is 23.7 Å². The predicted octanol–water partition coefficient (Wildman–Crippen LogP) is 4.64. The van der Waals surface area contributed by atoms with Gasteiger partial charge in [0.15, 0.2) is 0 Å². The summed E-state index contributed by atoms with van der Waals surface area (Å²) < 4.78 is 18.5. The Morgan fingerprint density at radius 2 is 1.88 bits per heavy atom. The maximum absolute atomic E-state index is 13.4. The first-order chi connectivity index (χ1) is 15.8. The highest BCUT2D eigenvalue weighted by Gasteiger charge is 2.47. The van der Waals surface area contributed by atoms with Crippen molar-refractivity contribution in [1.82, 2.24) is 10.2 Å². The maximum Gasteiger partial charge on any atom is 0.252 e. The number of amides is 1. The van der Waals surface area contributed by atoms with Gasteiger partial charge in [-0.1, -0.05) is 37.3 Å². The lowest BCUT2D eigenvalue weighted by Gasteiger charge is -2.22. The summed E-state index contributed by atoms with van der Waals surface area (Å²) >= 11 is 0. The second kappa shape index (κ2) is 9.65. The van der Waals surface area contributed by atoms with Gasteiger partial charge in [0, 0.05) is 22.8 Å². The summed E-state index contributed by atoms with van der Waals surface area (Å²) in [7, 11) is 2.94. The third-order valence-electron chi connectivity index (χ3n) is 6.24. The summed E-state index contributed by atoms with van der Waals surface area (Å²) in [4.78, 5) is 16.3. The van der Waals surface area contributed by atoms with Gasteiger partial charge in [0.2, 0.25) is 0 Å². The second-order valence-corrected chi connectivity index (χ2v) is 10.7. The molecule has 0 aliphatic heterocycles. The Morgan fingerprint density at radius 3 is 2.58 bits per heavy atom. The predicted molar refractivity (Wildman–Crippen MR) is 135 cm³/mol. The molecular formula is C27H32N2O3S. The van der Waals surface area contributed by atoms with Crippen molar-refractivity contribution in [2.24, 2.45) is 0 Å². The van der Waals surface area contributed by atoms with E-state index in [9.17, 15) is 9.00 Å². The van der Waals surface area contributed by atoms with Crippen LogP contribution in [0.2, 0.25) is 0 Å². The highest BCUT2D eigenvalue weighted by Crippen LogP contribution is 2.48. The van der Waals surface area contributed by atoms with Gasteiger partial charge in [-0.05, 0) is 80.0 Å². The van der Waals surface area contributed by atoms with Crippen LogP contribution in [0.5, 0.6) is 5.75 Å². The zero-order valence-corrected chi connectivity index (χ0v) is 20.6. The average Bonchev–Trinajstić information content (AvgIpc) is 3.58. The summed E-state index contributed by atoms with van der Waals surface area (Å²) in [5, 5.41) is 5.47. The molecule has 0 saturated heterocycles. The van der Waals surface area contributed by atoms with Crippen molar-refractivity contribution in [1.29, 1.82) is 0 Å². The van der Waals surface area contributed by atoms with Gasteiger partial charge in [-0.25, -0.2) is 0 Å². The molecule has 1 atom stereocenters. The molecule has 1 saturated carbocycles. The van der Waals surface area contributed by atoms with Crippen LogP contribution in [0, 0.1) is 6.92 Å². The summed E-state index contributed by atoms with van der Waals surface area (Å²) in [6.45, 7) is 5.24. The Balaban J connectivity index is 1.63. The van der Waals surface area contributed by atoms with E-state index in [4.69, 9.17) is 4.74 Å². The third-order valence-corrected chi connectivity index (χ3v) is 7.53. The Kier molecular flexibility index (Phi) is 6.86. The molecule has 0 bridgehead atoms. The Labute approximate surface area is 198 Å². The van der Waals surface area contributed by atoms with Crippen molar-refractivity contribution in [2.45, 2.75) is 37.1 Å². The van der Waals surface area contributed by atoms with Gasteiger partial charge < -0.3 is 15.0 Å². The minimum absolute atomic E-state index is 0.103. The number of hydrogen-bond acceptors (Lipinski definition) is 4. The third kappa shape index (κ3) is 5.12. The van der Waals surface area contributed by atoms with E-state index in [2.05, 4.69) is 16.3 Å². The lowest BCUT2D eigenvalue weighted by atomic mass is 9.96. The normalized spacial score (nSPS) is 15.4. The van der Waals surface area contributed by atoms with Crippen molar-refractivity contribution in [2.75, 3.05) is 33.0 Å². The molecule has 3 aromatic carbocycles. The molecule has 1 fully saturated rings. The smallest absolute Gasteiger partial charge is 0.252 e. The molecule has 5 nitrogen and oxygen atoms in total. The van der Waals surface area contributed by atoms with Gasteiger partial charge in [-0.15, -0.1) is 0 Å². The lowest BCUT2D eigenvalue weighted by Crippen LogP contribution is -2.35. The fourth-order valence-corrected chi connectivity index (χ4v) is 4.97. The van der Waals surface area contributed by atoms with Crippen LogP contribution in [0.3, 0.4) is 0 Å². The van der Waals surface area contributed by atoms with Crippen LogP contribution in [0.15, 0.2) is 59.5 Å². The second-order valence-electron chi connectivity index (χ2n) is 8.99.